The molecule has 5 heteroatoms. The molecule has 0 bridgehead atoms. The molecule has 3 fully saturated rings. The van der Waals surface area contributed by atoms with Crippen LogP contribution in [0.1, 0.15) is 85.0 Å². The van der Waals surface area contributed by atoms with Crippen LogP contribution in [-0.2, 0) is 4.74 Å². The van der Waals surface area contributed by atoms with Crippen LogP contribution in [0.2, 0.25) is 0 Å². The third kappa shape index (κ3) is 6.41. The van der Waals surface area contributed by atoms with E-state index in [2.05, 4.69) is 74.8 Å². The molecule has 0 aromatic heterocycles. The second-order valence-electron chi connectivity index (χ2n) is 13.3. The van der Waals surface area contributed by atoms with E-state index in [1.165, 1.54) is 74.8 Å². The Morgan fingerprint density at radius 3 is 1.90 bits per heavy atom. The van der Waals surface area contributed by atoms with E-state index in [1.54, 1.807) is 0 Å². The Hall–Kier alpha value is -1.43. The monoisotopic (exact) mass is 565 g/mol. The van der Waals surface area contributed by atoms with Gasteiger partial charge in [-0.05, 0) is 81.7 Å². The highest BCUT2D eigenvalue weighted by atomic mass is 31.1. The highest BCUT2D eigenvalue weighted by Crippen LogP contribution is 2.58. The molecule has 5 rings (SSSR count). The largest absolute Gasteiger partial charge is 0.444 e. The number of likely N-dealkylation sites (tertiary alicyclic amines) is 1. The quantitative estimate of drug-likeness (QED) is 0.331. The molecule has 1 saturated heterocycles. The number of carbonyl (C=O) groups is 1. The van der Waals surface area contributed by atoms with Gasteiger partial charge in [0.1, 0.15) is 5.60 Å². The number of hydrogen-bond acceptors (Lipinski definition) is 2. The summed E-state index contributed by atoms with van der Waals surface area (Å²) in [7, 11) is 2.60. The zero-order valence-corrected chi connectivity index (χ0v) is 26.4. The van der Waals surface area contributed by atoms with E-state index in [1.807, 2.05) is 20.8 Å². The van der Waals surface area contributed by atoms with Crippen LogP contribution in [0.25, 0.3) is 0 Å². The number of benzene rings is 2. The minimum atomic E-state index is -0.645. The molecule has 0 N–H and O–H groups in total. The maximum absolute atomic E-state index is 14.2. The predicted octanol–water partition coefficient (Wildman–Crippen LogP) is 8.13. The van der Waals surface area contributed by atoms with Gasteiger partial charge in [0.25, 0.3) is 0 Å². The third-order valence-corrected chi connectivity index (χ3v) is 12.9. The Morgan fingerprint density at radius 1 is 0.872 bits per heavy atom. The van der Waals surface area contributed by atoms with Gasteiger partial charge in [0.15, 0.2) is 0 Å². The van der Waals surface area contributed by atoms with Gasteiger partial charge >= 0.3 is 6.09 Å². The number of amides is 1. The number of carbonyl (C=O) groups excluding carboxylic acids is 1. The summed E-state index contributed by atoms with van der Waals surface area (Å²) < 4.78 is 6.23. The van der Waals surface area contributed by atoms with E-state index in [0.29, 0.717) is 23.4 Å². The average Bonchev–Trinajstić information content (AvgIpc) is 3.25. The second kappa shape index (κ2) is 12.6. The van der Waals surface area contributed by atoms with Crippen molar-refractivity contribution in [2.75, 3.05) is 12.7 Å². The van der Waals surface area contributed by atoms with Gasteiger partial charge < -0.3 is 9.64 Å². The molecule has 1 heterocycles. The standard InChI is InChI=1S/C34H49NO2P2/c1-33(2,3)37-32(36)35-24-30(38)31(26-16-8-4-9-17-26)34(35,27-18-10-5-11-19-27)25-39(28-20-12-6-13-21-28)29-22-14-7-15-23-29/h6-7,12-15,20-23,26-27,30-31H,4-5,8-11,16-19,24-25,38H2,1-3H3/t30-,31?,34+/m1/s1. The van der Waals surface area contributed by atoms with Crippen molar-refractivity contribution in [2.45, 2.75) is 102 Å². The highest BCUT2D eigenvalue weighted by Gasteiger charge is 2.61. The summed E-state index contributed by atoms with van der Waals surface area (Å²) in [5.41, 5.74) is -0.279. The average molecular weight is 566 g/mol. The lowest BCUT2D eigenvalue weighted by Crippen LogP contribution is -2.61. The van der Waals surface area contributed by atoms with Crippen LogP contribution in [0.3, 0.4) is 0 Å². The fourth-order valence-electron chi connectivity index (χ4n) is 8.07. The molecule has 4 atom stereocenters. The number of rotatable bonds is 6. The molecule has 3 aliphatic rings. The number of nitrogens with zero attached hydrogens (tertiary/aromatic N) is 1. The molecule has 2 unspecified atom stereocenters. The fraction of sp³-hybridized carbons (Fsp3) is 0.618. The van der Waals surface area contributed by atoms with E-state index in [9.17, 15) is 4.79 Å². The molecule has 1 amide bonds. The Kier molecular flexibility index (Phi) is 9.40. The summed E-state index contributed by atoms with van der Waals surface area (Å²) >= 11 is 0. The predicted molar refractivity (Wildman–Crippen MR) is 170 cm³/mol. The van der Waals surface area contributed by atoms with E-state index >= 15 is 0 Å². The second-order valence-corrected chi connectivity index (χ2v) is 16.3. The van der Waals surface area contributed by atoms with Crippen LogP contribution < -0.4 is 10.6 Å². The SMILES string of the molecule is CC(C)(C)OC(=O)N1C[C@@H](P)C(C2CCCCC2)[C@]1(CP(c1ccccc1)c1ccccc1)C1CCCCC1. The highest BCUT2D eigenvalue weighted by molar-refractivity contribution is 7.73. The van der Waals surface area contributed by atoms with Crippen molar-refractivity contribution in [3.8, 4) is 0 Å². The van der Waals surface area contributed by atoms with Gasteiger partial charge in [0.05, 0.1) is 5.54 Å². The van der Waals surface area contributed by atoms with Gasteiger partial charge in [0, 0.05) is 6.54 Å². The first-order valence-electron chi connectivity index (χ1n) is 15.4. The van der Waals surface area contributed by atoms with Crippen molar-refractivity contribution in [3.05, 3.63) is 60.7 Å². The molecule has 2 aromatic rings. The van der Waals surface area contributed by atoms with Crippen LogP contribution >= 0.6 is 17.2 Å². The van der Waals surface area contributed by atoms with Gasteiger partial charge in [-0.15, -0.1) is 9.24 Å². The van der Waals surface area contributed by atoms with Crippen LogP contribution in [0, 0.1) is 17.8 Å². The van der Waals surface area contributed by atoms with Crippen molar-refractivity contribution in [1.29, 1.82) is 0 Å². The molecule has 39 heavy (non-hydrogen) atoms. The van der Waals surface area contributed by atoms with Crippen molar-refractivity contribution in [3.63, 3.8) is 0 Å². The molecule has 2 aliphatic carbocycles. The summed E-state index contributed by atoms with van der Waals surface area (Å²) in [6, 6.07) is 22.3. The Morgan fingerprint density at radius 2 is 1.38 bits per heavy atom. The smallest absolute Gasteiger partial charge is 0.410 e. The van der Waals surface area contributed by atoms with Crippen molar-refractivity contribution < 1.29 is 9.53 Å². The topological polar surface area (TPSA) is 29.5 Å². The lowest BCUT2D eigenvalue weighted by molar-refractivity contribution is -0.0231. The van der Waals surface area contributed by atoms with Crippen LogP contribution in [-0.4, -0.2) is 40.5 Å². The first-order chi connectivity index (χ1) is 18.8. The molecule has 0 radical (unpaired) electrons. The minimum Gasteiger partial charge on any atom is -0.444 e. The van der Waals surface area contributed by atoms with Crippen LogP contribution in [0.5, 0.6) is 0 Å². The zero-order chi connectivity index (χ0) is 27.5. The van der Waals surface area contributed by atoms with Crippen molar-refractivity contribution in [1.82, 2.24) is 4.90 Å². The molecule has 2 aromatic carbocycles. The molecular formula is C34H49NO2P2. The van der Waals surface area contributed by atoms with E-state index in [-0.39, 0.29) is 11.6 Å². The van der Waals surface area contributed by atoms with Gasteiger partial charge in [-0.3, -0.25) is 0 Å². The molecule has 0 spiro atoms. The summed E-state index contributed by atoms with van der Waals surface area (Å²) in [5, 5.41) is 2.85. The summed E-state index contributed by atoms with van der Waals surface area (Å²) in [4.78, 5) is 16.5. The molecule has 212 valence electrons. The van der Waals surface area contributed by atoms with Gasteiger partial charge in [-0.1, -0.05) is 112 Å². The van der Waals surface area contributed by atoms with Gasteiger partial charge in [0.2, 0.25) is 0 Å². The number of hydrogen-bond donors (Lipinski definition) is 0. The first kappa shape index (κ1) is 29.1. The zero-order valence-electron chi connectivity index (χ0n) is 24.4. The summed E-state index contributed by atoms with van der Waals surface area (Å²) in [6.45, 7) is 6.84. The van der Waals surface area contributed by atoms with Crippen molar-refractivity contribution in [2.24, 2.45) is 17.8 Å². The summed E-state index contributed by atoms with van der Waals surface area (Å²) in [5.74, 6) is 1.70. The lowest BCUT2D eigenvalue weighted by Gasteiger charge is -2.53. The normalized spacial score (nSPS) is 27.2. The Bertz CT molecular complexity index is 1020. The van der Waals surface area contributed by atoms with Gasteiger partial charge in [-0.25, -0.2) is 4.79 Å². The number of ether oxygens (including phenoxy) is 1. The lowest BCUT2D eigenvalue weighted by atomic mass is 9.63. The van der Waals surface area contributed by atoms with Crippen molar-refractivity contribution >= 4 is 33.9 Å². The van der Waals surface area contributed by atoms with Crippen LogP contribution in [0.15, 0.2) is 60.7 Å². The van der Waals surface area contributed by atoms with Crippen LogP contribution in [0.4, 0.5) is 4.79 Å². The maximum Gasteiger partial charge on any atom is 0.410 e. The fourth-order valence-corrected chi connectivity index (χ4v) is 11.8. The summed E-state index contributed by atoms with van der Waals surface area (Å²) in [6.07, 6.45) is 13.9. The molecule has 3 nitrogen and oxygen atoms in total. The molecular weight excluding hydrogens is 516 g/mol. The Balaban J connectivity index is 1.67. The maximum atomic E-state index is 14.2. The third-order valence-electron chi connectivity index (χ3n) is 9.57. The van der Waals surface area contributed by atoms with E-state index in [4.69, 9.17) is 4.74 Å². The Labute approximate surface area is 240 Å². The first-order valence-corrected chi connectivity index (χ1v) is 17.6. The minimum absolute atomic E-state index is 0.0880. The molecule has 1 aliphatic heterocycles. The van der Waals surface area contributed by atoms with E-state index in [0.717, 1.165) is 12.7 Å². The molecule has 2 saturated carbocycles. The van der Waals surface area contributed by atoms with E-state index < -0.39 is 13.5 Å². The van der Waals surface area contributed by atoms with Gasteiger partial charge in [-0.2, -0.15) is 0 Å².